The van der Waals surface area contributed by atoms with E-state index < -0.39 is 22.0 Å². The Morgan fingerprint density at radius 2 is 1.52 bits per heavy atom. The Kier molecular flexibility index (Phi) is 6.32. The van der Waals surface area contributed by atoms with E-state index >= 15 is 0 Å². The summed E-state index contributed by atoms with van der Waals surface area (Å²) in [6.45, 7) is 2.35. The predicted molar refractivity (Wildman–Crippen MR) is 119 cm³/mol. The average molecular weight is 436 g/mol. The van der Waals surface area contributed by atoms with Crippen LogP contribution in [0, 0.1) is 6.92 Å². The number of benzene rings is 3. The van der Waals surface area contributed by atoms with Crippen molar-refractivity contribution in [1.29, 1.82) is 0 Å². The molecule has 0 aliphatic carbocycles. The minimum atomic E-state index is -3.84. The van der Waals surface area contributed by atoms with Gasteiger partial charge >= 0.3 is 0 Å². The number of sulfonamides is 1. The molecule has 4 rings (SSSR count). The van der Waals surface area contributed by atoms with Crippen molar-refractivity contribution in [1.82, 2.24) is 4.31 Å². The average Bonchev–Trinajstić information content (AvgIpc) is 3.12. The first-order valence-corrected chi connectivity index (χ1v) is 11.7. The van der Waals surface area contributed by atoms with Crippen LogP contribution in [0.25, 0.3) is 0 Å². The highest BCUT2D eigenvalue weighted by Crippen LogP contribution is 2.33. The van der Waals surface area contributed by atoms with Crippen LogP contribution in [-0.4, -0.2) is 37.7 Å². The van der Waals surface area contributed by atoms with Crippen LogP contribution in [-0.2, 0) is 26.2 Å². The van der Waals surface area contributed by atoms with Crippen LogP contribution in [0.4, 0.5) is 0 Å². The van der Waals surface area contributed by atoms with Crippen LogP contribution in [0.2, 0.25) is 0 Å². The number of rotatable bonds is 7. The molecule has 0 spiro atoms. The molecule has 1 aliphatic rings. The standard InChI is InChI=1S/C25H25NO4S/c1-19-12-14-22(15-13-19)31(28,29)26-16-23(21-10-6-3-7-11-21)25(27)24(26)18-30-17-20-8-4-2-5-9-20/h2-15,23-24H,16-18H2,1H3/t23-,24-/m1/s1. The lowest BCUT2D eigenvalue weighted by atomic mass is 9.95. The van der Waals surface area contributed by atoms with Crippen molar-refractivity contribution in [3.05, 3.63) is 102 Å². The van der Waals surface area contributed by atoms with Gasteiger partial charge in [-0.25, -0.2) is 8.42 Å². The number of hydrogen-bond donors (Lipinski definition) is 0. The Morgan fingerprint density at radius 3 is 2.16 bits per heavy atom. The fraction of sp³-hybridized carbons (Fsp3) is 0.240. The number of aryl methyl sites for hydroxylation is 1. The first kappa shape index (κ1) is 21.4. The third-order valence-corrected chi connectivity index (χ3v) is 7.49. The Balaban J connectivity index is 1.61. The predicted octanol–water partition coefficient (Wildman–Crippen LogP) is 3.94. The number of ketones is 1. The van der Waals surface area contributed by atoms with Crippen molar-refractivity contribution < 1.29 is 17.9 Å². The van der Waals surface area contributed by atoms with Crippen LogP contribution in [0.15, 0.2) is 89.8 Å². The zero-order chi connectivity index (χ0) is 21.8. The lowest BCUT2D eigenvalue weighted by Gasteiger charge is -2.23. The van der Waals surface area contributed by atoms with Gasteiger partial charge in [-0.2, -0.15) is 4.31 Å². The molecule has 0 N–H and O–H groups in total. The van der Waals surface area contributed by atoms with Crippen molar-refractivity contribution in [3.8, 4) is 0 Å². The van der Waals surface area contributed by atoms with Gasteiger partial charge in [0.1, 0.15) is 6.04 Å². The van der Waals surface area contributed by atoms with Crippen LogP contribution in [0.5, 0.6) is 0 Å². The molecule has 0 aromatic heterocycles. The first-order chi connectivity index (χ1) is 15.0. The Hall–Kier alpha value is -2.80. The summed E-state index contributed by atoms with van der Waals surface area (Å²) in [5.74, 6) is -0.637. The number of nitrogens with zero attached hydrogens (tertiary/aromatic N) is 1. The molecule has 3 aromatic rings. The number of Topliss-reactive ketones (excluding diaryl/α,β-unsaturated/α-hetero) is 1. The monoisotopic (exact) mass is 435 g/mol. The normalized spacial score (nSPS) is 19.6. The summed E-state index contributed by atoms with van der Waals surface area (Å²) in [5.41, 5.74) is 2.77. The summed E-state index contributed by atoms with van der Waals surface area (Å²) < 4.78 is 34.0. The highest BCUT2D eigenvalue weighted by molar-refractivity contribution is 7.89. The van der Waals surface area contributed by atoms with E-state index in [1.54, 1.807) is 24.3 Å². The van der Waals surface area contributed by atoms with Gasteiger partial charge in [0.05, 0.1) is 24.0 Å². The van der Waals surface area contributed by atoms with Gasteiger partial charge in [-0.15, -0.1) is 0 Å². The van der Waals surface area contributed by atoms with E-state index in [2.05, 4.69) is 0 Å². The quantitative estimate of drug-likeness (QED) is 0.564. The van der Waals surface area contributed by atoms with Gasteiger partial charge < -0.3 is 4.74 Å². The maximum atomic E-state index is 13.4. The molecule has 0 bridgehead atoms. The molecule has 5 nitrogen and oxygen atoms in total. The Bertz CT molecular complexity index is 1130. The van der Waals surface area contributed by atoms with Crippen molar-refractivity contribution in [3.63, 3.8) is 0 Å². The van der Waals surface area contributed by atoms with Gasteiger partial charge in [-0.05, 0) is 30.2 Å². The number of ether oxygens (including phenoxy) is 1. The molecule has 0 radical (unpaired) electrons. The van der Waals surface area contributed by atoms with Crippen LogP contribution >= 0.6 is 0 Å². The molecule has 3 aromatic carbocycles. The molecule has 1 saturated heterocycles. The van der Waals surface area contributed by atoms with E-state index in [-0.39, 0.29) is 23.8 Å². The third kappa shape index (κ3) is 4.61. The highest BCUT2D eigenvalue weighted by Gasteiger charge is 2.47. The lowest BCUT2D eigenvalue weighted by molar-refractivity contribution is -0.122. The summed E-state index contributed by atoms with van der Waals surface area (Å²) in [5, 5.41) is 0. The molecule has 1 aliphatic heterocycles. The van der Waals surface area contributed by atoms with Gasteiger partial charge in [0, 0.05) is 6.54 Å². The first-order valence-electron chi connectivity index (χ1n) is 10.3. The lowest BCUT2D eigenvalue weighted by Crippen LogP contribution is -2.41. The summed E-state index contributed by atoms with van der Waals surface area (Å²) in [4.78, 5) is 13.5. The van der Waals surface area contributed by atoms with E-state index in [0.29, 0.717) is 6.61 Å². The van der Waals surface area contributed by atoms with Crippen molar-refractivity contribution >= 4 is 15.8 Å². The van der Waals surface area contributed by atoms with Gasteiger partial charge in [-0.1, -0.05) is 78.4 Å². The molecule has 160 valence electrons. The maximum absolute atomic E-state index is 13.4. The summed E-state index contributed by atoms with van der Waals surface area (Å²) in [7, 11) is -3.84. The van der Waals surface area contributed by atoms with Gasteiger partial charge in [-0.3, -0.25) is 4.79 Å². The Morgan fingerprint density at radius 1 is 0.903 bits per heavy atom. The van der Waals surface area contributed by atoms with E-state index in [0.717, 1.165) is 16.7 Å². The van der Waals surface area contributed by atoms with Crippen LogP contribution in [0.1, 0.15) is 22.6 Å². The van der Waals surface area contributed by atoms with Crippen molar-refractivity contribution in [2.24, 2.45) is 0 Å². The number of carbonyl (C=O) groups is 1. The van der Waals surface area contributed by atoms with Gasteiger partial charge in [0.15, 0.2) is 5.78 Å². The second kappa shape index (κ2) is 9.14. The Labute approximate surface area is 183 Å². The van der Waals surface area contributed by atoms with Gasteiger partial charge in [0.25, 0.3) is 0 Å². The van der Waals surface area contributed by atoms with Crippen LogP contribution < -0.4 is 0 Å². The molecule has 1 fully saturated rings. The number of hydrogen-bond acceptors (Lipinski definition) is 4. The summed E-state index contributed by atoms with van der Waals surface area (Å²) in [6.07, 6.45) is 0. The molecular weight excluding hydrogens is 410 g/mol. The second-order valence-corrected chi connectivity index (χ2v) is 9.66. The molecule has 2 atom stereocenters. The fourth-order valence-corrected chi connectivity index (χ4v) is 5.46. The van der Waals surface area contributed by atoms with E-state index in [1.165, 1.54) is 4.31 Å². The SMILES string of the molecule is Cc1ccc(S(=O)(=O)N2C[C@H](c3ccccc3)C(=O)[C@H]2COCc2ccccc2)cc1. The topological polar surface area (TPSA) is 63.7 Å². The molecule has 0 unspecified atom stereocenters. The third-order valence-electron chi connectivity index (χ3n) is 5.60. The molecule has 0 amide bonds. The van der Waals surface area contributed by atoms with Crippen molar-refractivity contribution in [2.45, 2.75) is 30.4 Å². The van der Waals surface area contributed by atoms with E-state index in [1.807, 2.05) is 67.6 Å². The zero-order valence-electron chi connectivity index (χ0n) is 17.3. The molecule has 1 heterocycles. The molecule has 0 saturated carbocycles. The van der Waals surface area contributed by atoms with Gasteiger partial charge in [0.2, 0.25) is 10.0 Å². The van der Waals surface area contributed by atoms with Crippen LogP contribution in [0.3, 0.4) is 0 Å². The number of carbonyl (C=O) groups excluding carboxylic acids is 1. The maximum Gasteiger partial charge on any atom is 0.243 e. The summed E-state index contributed by atoms with van der Waals surface area (Å²) >= 11 is 0. The van der Waals surface area contributed by atoms with E-state index in [9.17, 15) is 13.2 Å². The molecular formula is C25H25NO4S. The van der Waals surface area contributed by atoms with E-state index in [4.69, 9.17) is 4.74 Å². The largest absolute Gasteiger partial charge is 0.375 e. The highest BCUT2D eigenvalue weighted by atomic mass is 32.2. The smallest absolute Gasteiger partial charge is 0.243 e. The molecule has 6 heteroatoms. The minimum Gasteiger partial charge on any atom is -0.375 e. The van der Waals surface area contributed by atoms with Crippen molar-refractivity contribution in [2.75, 3.05) is 13.2 Å². The second-order valence-electron chi connectivity index (χ2n) is 7.77. The minimum absolute atomic E-state index is 0.0160. The summed E-state index contributed by atoms with van der Waals surface area (Å²) in [6, 6.07) is 24.8. The zero-order valence-corrected chi connectivity index (χ0v) is 18.2. The molecule has 31 heavy (non-hydrogen) atoms. The fourth-order valence-electron chi connectivity index (χ4n) is 3.87.